The van der Waals surface area contributed by atoms with Gasteiger partial charge in [-0.3, -0.25) is 4.79 Å². The maximum Gasteiger partial charge on any atom is 0.195 e. The number of Topliss-reactive ketones (excluding diaryl/α,β-unsaturated/α-hetero) is 1. The highest BCUT2D eigenvalue weighted by Crippen LogP contribution is 2.19. The molecule has 0 atom stereocenters. The Balaban J connectivity index is 0.000000179. The first-order valence-electron chi connectivity index (χ1n) is 10.3. The lowest BCUT2D eigenvalue weighted by molar-refractivity contribution is 0.0252. The largest absolute Gasteiger partial charge is 0.489 e. The summed E-state index contributed by atoms with van der Waals surface area (Å²) in [7, 11) is 0. The van der Waals surface area contributed by atoms with Crippen molar-refractivity contribution in [1.82, 2.24) is 9.97 Å². The van der Waals surface area contributed by atoms with Gasteiger partial charge in [-0.1, -0.05) is 0 Å². The molecule has 2 aliphatic rings. The molecule has 9 heteroatoms. The Morgan fingerprint density at radius 3 is 1.84 bits per heavy atom. The molecule has 4 heterocycles. The van der Waals surface area contributed by atoms with Crippen LogP contribution in [-0.2, 0) is 9.47 Å². The van der Waals surface area contributed by atoms with Crippen molar-refractivity contribution in [3.8, 4) is 11.5 Å². The van der Waals surface area contributed by atoms with E-state index in [4.69, 9.17) is 30.5 Å². The van der Waals surface area contributed by atoms with E-state index in [9.17, 15) is 4.79 Å². The van der Waals surface area contributed by atoms with Crippen LogP contribution >= 0.6 is 27.5 Å². The molecule has 31 heavy (non-hydrogen) atoms. The second-order valence-corrected chi connectivity index (χ2v) is 8.19. The fourth-order valence-electron chi connectivity index (χ4n) is 3.09. The topological polar surface area (TPSA) is 79.8 Å². The van der Waals surface area contributed by atoms with Crippen molar-refractivity contribution in [3.05, 3.63) is 47.0 Å². The Labute approximate surface area is 195 Å². The number of rotatable bonds is 6. The molecule has 4 rings (SSSR count). The second kappa shape index (κ2) is 13.0. The summed E-state index contributed by atoms with van der Waals surface area (Å²) >= 11 is 8.73. The number of hydrogen-bond donors (Lipinski definition) is 0. The maximum atomic E-state index is 11.3. The number of aromatic nitrogens is 2. The second-order valence-electron chi connectivity index (χ2n) is 7.11. The lowest BCUT2D eigenvalue weighted by Crippen LogP contribution is -2.25. The molecular formula is C22H26BrClN2O5. The Kier molecular flexibility index (Phi) is 9.99. The fourth-order valence-corrected chi connectivity index (χ4v) is 3.46. The monoisotopic (exact) mass is 512 g/mol. The summed E-state index contributed by atoms with van der Waals surface area (Å²) in [5, 5.41) is 0. The van der Waals surface area contributed by atoms with Gasteiger partial charge in [-0.05, 0) is 40.2 Å². The van der Waals surface area contributed by atoms with Gasteiger partial charge in [-0.25, -0.2) is 9.97 Å². The molecule has 0 spiro atoms. The minimum atomic E-state index is -0.177. The van der Waals surface area contributed by atoms with E-state index in [1.807, 2.05) is 12.1 Å². The number of halogens is 2. The SMILES string of the molecule is Brc1ccc(OC2CCOCC2)cn1.O=C(CCl)c1ccc(OC2CCOCC2)cn1. The average molecular weight is 514 g/mol. The van der Waals surface area contributed by atoms with Gasteiger partial charge in [0.2, 0.25) is 0 Å². The molecule has 2 saturated heterocycles. The van der Waals surface area contributed by atoms with Crippen molar-refractivity contribution in [3.63, 3.8) is 0 Å². The maximum absolute atomic E-state index is 11.3. The summed E-state index contributed by atoms with van der Waals surface area (Å²) in [6.45, 7) is 3.07. The van der Waals surface area contributed by atoms with Crippen molar-refractivity contribution in [2.45, 2.75) is 37.9 Å². The van der Waals surface area contributed by atoms with Gasteiger partial charge >= 0.3 is 0 Å². The summed E-state index contributed by atoms with van der Waals surface area (Å²) in [5.41, 5.74) is 0.374. The predicted molar refractivity (Wildman–Crippen MR) is 120 cm³/mol. The number of carbonyl (C=O) groups excluding carboxylic acids is 1. The van der Waals surface area contributed by atoms with E-state index in [1.165, 1.54) is 0 Å². The molecule has 2 aliphatic heterocycles. The smallest absolute Gasteiger partial charge is 0.195 e. The van der Waals surface area contributed by atoms with E-state index in [-0.39, 0.29) is 23.9 Å². The molecular weight excluding hydrogens is 488 g/mol. The molecule has 7 nitrogen and oxygen atoms in total. The summed E-state index contributed by atoms with van der Waals surface area (Å²) in [5.74, 6) is 1.29. The number of carbonyl (C=O) groups is 1. The first-order chi connectivity index (χ1) is 15.1. The van der Waals surface area contributed by atoms with Gasteiger partial charge in [0, 0.05) is 25.7 Å². The number of ketones is 1. The summed E-state index contributed by atoms with van der Waals surface area (Å²) in [6.07, 6.45) is 7.48. The molecule has 0 saturated carbocycles. The number of pyridine rings is 2. The summed E-state index contributed by atoms with van der Waals surface area (Å²) in [4.78, 5) is 19.4. The normalized spacial score (nSPS) is 17.4. The third-order valence-electron chi connectivity index (χ3n) is 4.79. The number of alkyl halides is 1. The highest BCUT2D eigenvalue weighted by atomic mass is 79.9. The molecule has 0 aromatic carbocycles. The van der Waals surface area contributed by atoms with Gasteiger partial charge in [-0.2, -0.15) is 0 Å². The van der Waals surface area contributed by atoms with Crippen molar-refractivity contribution >= 4 is 33.3 Å². The van der Waals surface area contributed by atoms with Crippen LogP contribution in [0, 0.1) is 0 Å². The van der Waals surface area contributed by atoms with E-state index >= 15 is 0 Å². The fraction of sp³-hybridized carbons (Fsp3) is 0.500. The third kappa shape index (κ3) is 8.37. The van der Waals surface area contributed by atoms with Crippen LogP contribution < -0.4 is 9.47 Å². The zero-order chi connectivity index (χ0) is 21.9. The van der Waals surface area contributed by atoms with E-state index in [0.29, 0.717) is 11.4 Å². The van der Waals surface area contributed by atoms with Crippen molar-refractivity contribution < 1.29 is 23.7 Å². The first kappa shape index (κ1) is 23.9. The molecule has 2 aromatic rings. The molecule has 0 bridgehead atoms. The van der Waals surface area contributed by atoms with E-state index < -0.39 is 0 Å². The molecule has 0 N–H and O–H groups in total. The molecule has 0 aliphatic carbocycles. The lowest BCUT2D eigenvalue weighted by Gasteiger charge is -2.23. The number of ether oxygens (including phenoxy) is 4. The van der Waals surface area contributed by atoms with Gasteiger partial charge in [0.05, 0.1) is 44.7 Å². The highest BCUT2D eigenvalue weighted by molar-refractivity contribution is 9.10. The predicted octanol–water partition coefficient (Wildman–Crippen LogP) is 4.46. The van der Waals surface area contributed by atoms with Crippen LogP contribution in [0.25, 0.3) is 0 Å². The van der Waals surface area contributed by atoms with Crippen molar-refractivity contribution in [2.75, 3.05) is 32.3 Å². The van der Waals surface area contributed by atoms with Gasteiger partial charge in [0.15, 0.2) is 5.78 Å². The third-order valence-corrected chi connectivity index (χ3v) is 5.50. The molecule has 0 amide bonds. The summed E-state index contributed by atoms with van der Waals surface area (Å²) < 4.78 is 22.8. The standard InChI is InChI=1S/C12H14ClNO3.C10H12BrNO2/c13-7-12(15)11-2-1-10(8-14-11)17-9-3-5-16-6-4-9;11-10-2-1-9(7-12-10)14-8-3-5-13-6-4-8/h1-2,8-9H,3-7H2;1-2,7-8H,3-6H2. The van der Waals surface area contributed by atoms with Crippen LogP contribution in [0.4, 0.5) is 0 Å². The van der Waals surface area contributed by atoms with Crippen molar-refractivity contribution in [1.29, 1.82) is 0 Å². The Bertz CT molecular complexity index is 795. The van der Waals surface area contributed by atoms with E-state index in [0.717, 1.165) is 62.5 Å². The van der Waals surface area contributed by atoms with Gasteiger partial charge in [0.25, 0.3) is 0 Å². The number of nitrogens with zero attached hydrogens (tertiary/aromatic N) is 2. The molecule has 0 radical (unpaired) electrons. The Morgan fingerprint density at radius 2 is 1.42 bits per heavy atom. The Hall–Kier alpha value is -1.74. The zero-order valence-electron chi connectivity index (χ0n) is 17.2. The van der Waals surface area contributed by atoms with Crippen LogP contribution in [-0.4, -0.2) is 60.3 Å². The van der Waals surface area contributed by atoms with Gasteiger partial charge < -0.3 is 18.9 Å². The Morgan fingerprint density at radius 1 is 0.903 bits per heavy atom. The van der Waals surface area contributed by atoms with Crippen LogP contribution in [0.2, 0.25) is 0 Å². The van der Waals surface area contributed by atoms with E-state index in [1.54, 1.807) is 24.5 Å². The van der Waals surface area contributed by atoms with Gasteiger partial charge in [-0.15, -0.1) is 11.6 Å². The van der Waals surface area contributed by atoms with Crippen LogP contribution in [0.3, 0.4) is 0 Å². The van der Waals surface area contributed by atoms with Crippen LogP contribution in [0.15, 0.2) is 41.3 Å². The minimum absolute atomic E-state index is 0.0484. The molecule has 0 unspecified atom stereocenters. The van der Waals surface area contributed by atoms with Crippen LogP contribution in [0.5, 0.6) is 11.5 Å². The quantitative estimate of drug-likeness (QED) is 0.320. The lowest BCUT2D eigenvalue weighted by atomic mass is 10.1. The first-order valence-corrected chi connectivity index (χ1v) is 11.6. The zero-order valence-corrected chi connectivity index (χ0v) is 19.5. The van der Waals surface area contributed by atoms with E-state index in [2.05, 4.69) is 25.9 Å². The van der Waals surface area contributed by atoms with Crippen molar-refractivity contribution in [2.24, 2.45) is 0 Å². The number of hydrogen-bond acceptors (Lipinski definition) is 7. The molecule has 168 valence electrons. The van der Waals surface area contributed by atoms with Gasteiger partial charge in [0.1, 0.15) is 34.0 Å². The average Bonchev–Trinajstić information content (AvgIpc) is 2.82. The molecule has 2 fully saturated rings. The minimum Gasteiger partial charge on any atom is -0.489 e. The highest BCUT2D eigenvalue weighted by Gasteiger charge is 2.16. The van der Waals surface area contributed by atoms with Crippen LogP contribution in [0.1, 0.15) is 36.2 Å². The molecule has 2 aromatic heterocycles. The summed E-state index contributed by atoms with van der Waals surface area (Å²) in [6, 6.07) is 7.20.